The molecule has 2 aromatic rings. The molecule has 0 spiro atoms. The zero-order valence-corrected chi connectivity index (χ0v) is 12.5. The zero-order chi connectivity index (χ0) is 15.6. The van der Waals surface area contributed by atoms with Gasteiger partial charge in [0.25, 0.3) is 0 Å². The SMILES string of the molecule is COc1cc(C=O)c(-c2c(C)cc(F)cc2C)cc1OC. The summed E-state index contributed by atoms with van der Waals surface area (Å²) in [5, 5.41) is 0. The molecule has 0 radical (unpaired) electrons. The highest BCUT2D eigenvalue weighted by Crippen LogP contribution is 2.37. The predicted octanol–water partition coefficient (Wildman–Crippen LogP) is 3.94. The van der Waals surface area contributed by atoms with Gasteiger partial charge >= 0.3 is 0 Å². The van der Waals surface area contributed by atoms with Gasteiger partial charge in [0.1, 0.15) is 5.82 Å². The Kier molecular flexibility index (Phi) is 4.26. The third-order valence-corrected chi connectivity index (χ3v) is 3.45. The first-order valence-corrected chi connectivity index (χ1v) is 6.50. The lowest BCUT2D eigenvalue weighted by molar-refractivity contribution is 0.112. The molecule has 0 saturated heterocycles. The second-order valence-electron chi connectivity index (χ2n) is 4.83. The number of ether oxygens (including phenoxy) is 2. The van der Waals surface area contributed by atoms with Gasteiger partial charge in [-0.25, -0.2) is 4.39 Å². The number of carbonyl (C=O) groups excluding carboxylic acids is 1. The van der Waals surface area contributed by atoms with Gasteiger partial charge < -0.3 is 9.47 Å². The highest BCUT2D eigenvalue weighted by atomic mass is 19.1. The van der Waals surface area contributed by atoms with Crippen molar-refractivity contribution in [2.75, 3.05) is 14.2 Å². The summed E-state index contributed by atoms with van der Waals surface area (Å²) in [4.78, 5) is 11.4. The van der Waals surface area contributed by atoms with Gasteiger partial charge in [0.15, 0.2) is 17.8 Å². The van der Waals surface area contributed by atoms with E-state index >= 15 is 0 Å². The Balaban J connectivity index is 2.77. The van der Waals surface area contributed by atoms with E-state index in [0.717, 1.165) is 23.0 Å². The van der Waals surface area contributed by atoms with Crippen molar-refractivity contribution in [2.24, 2.45) is 0 Å². The van der Waals surface area contributed by atoms with Crippen LogP contribution in [0.5, 0.6) is 11.5 Å². The fourth-order valence-electron chi connectivity index (χ4n) is 2.54. The van der Waals surface area contributed by atoms with Gasteiger partial charge in [0.05, 0.1) is 14.2 Å². The van der Waals surface area contributed by atoms with E-state index in [9.17, 15) is 9.18 Å². The van der Waals surface area contributed by atoms with E-state index in [-0.39, 0.29) is 5.82 Å². The van der Waals surface area contributed by atoms with Crippen LogP contribution in [-0.4, -0.2) is 20.5 Å². The van der Waals surface area contributed by atoms with Crippen LogP contribution < -0.4 is 9.47 Å². The molecule has 0 unspecified atom stereocenters. The molecule has 0 aliphatic heterocycles. The van der Waals surface area contributed by atoms with Crippen molar-refractivity contribution in [3.8, 4) is 22.6 Å². The van der Waals surface area contributed by atoms with E-state index in [1.54, 1.807) is 12.1 Å². The molecule has 0 aliphatic carbocycles. The normalized spacial score (nSPS) is 10.3. The predicted molar refractivity (Wildman–Crippen MR) is 79.8 cm³/mol. The molecular weight excluding hydrogens is 271 g/mol. The van der Waals surface area contributed by atoms with Crippen LogP contribution in [0.3, 0.4) is 0 Å². The number of hydrogen-bond acceptors (Lipinski definition) is 3. The number of rotatable bonds is 4. The molecule has 0 N–H and O–H groups in total. The monoisotopic (exact) mass is 288 g/mol. The standard InChI is InChI=1S/C17H17FO3/c1-10-5-13(18)6-11(2)17(10)14-8-16(21-4)15(20-3)7-12(14)9-19/h5-9H,1-4H3. The number of halogens is 1. The van der Waals surface area contributed by atoms with Crippen molar-refractivity contribution in [1.29, 1.82) is 0 Å². The molecule has 21 heavy (non-hydrogen) atoms. The molecule has 0 bridgehead atoms. The van der Waals surface area contributed by atoms with Gasteiger partial charge in [-0.3, -0.25) is 4.79 Å². The molecule has 3 nitrogen and oxygen atoms in total. The summed E-state index contributed by atoms with van der Waals surface area (Å²) >= 11 is 0. The Labute approximate surface area is 123 Å². The number of hydrogen-bond donors (Lipinski definition) is 0. The van der Waals surface area contributed by atoms with Crippen molar-refractivity contribution in [3.63, 3.8) is 0 Å². The lowest BCUT2D eigenvalue weighted by Crippen LogP contribution is -1.98. The minimum absolute atomic E-state index is 0.290. The van der Waals surface area contributed by atoms with Crippen molar-refractivity contribution < 1.29 is 18.7 Å². The minimum Gasteiger partial charge on any atom is -0.493 e. The maximum Gasteiger partial charge on any atom is 0.161 e. The number of aryl methyl sites for hydroxylation is 2. The molecule has 2 aromatic carbocycles. The van der Waals surface area contributed by atoms with Crippen molar-refractivity contribution in [2.45, 2.75) is 13.8 Å². The third kappa shape index (κ3) is 2.75. The molecule has 0 fully saturated rings. The second-order valence-corrected chi connectivity index (χ2v) is 4.83. The van der Waals surface area contributed by atoms with E-state index in [1.165, 1.54) is 26.4 Å². The quantitative estimate of drug-likeness (QED) is 0.799. The van der Waals surface area contributed by atoms with Crippen LogP contribution in [0.4, 0.5) is 4.39 Å². The molecule has 0 aliphatic rings. The summed E-state index contributed by atoms with van der Waals surface area (Å²) in [6.07, 6.45) is 0.763. The summed E-state index contributed by atoms with van der Waals surface area (Å²) in [5.74, 6) is 0.726. The number of benzene rings is 2. The van der Waals surface area contributed by atoms with Crippen LogP contribution in [0.1, 0.15) is 21.5 Å². The van der Waals surface area contributed by atoms with Crippen molar-refractivity contribution in [3.05, 3.63) is 46.8 Å². The molecule has 0 atom stereocenters. The molecule has 110 valence electrons. The first-order chi connectivity index (χ1) is 10.0. The van der Waals surface area contributed by atoms with Crippen molar-refractivity contribution in [1.82, 2.24) is 0 Å². The zero-order valence-electron chi connectivity index (χ0n) is 12.5. The van der Waals surface area contributed by atoms with Gasteiger partial charge in [0, 0.05) is 5.56 Å². The van der Waals surface area contributed by atoms with Crippen LogP contribution in [0.25, 0.3) is 11.1 Å². The van der Waals surface area contributed by atoms with E-state index in [4.69, 9.17) is 9.47 Å². The Morgan fingerprint density at radius 1 is 0.952 bits per heavy atom. The fraction of sp³-hybridized carbons (Fsp3) is 0.235. The molecule has 0 saturated carbocycles. The fourth-order valence-corrected chi connectivity index (χ4v) is 2.54. The van der Waals surface area contributed by atoms with E-state index in [0.29, 0.717) is 22.6 Å². The Morgan fingerprint density at radius 2 is 1.48 bits per heavy atom. The van der Waals surface area contributed by atoms with E-state index in [1.807, 2.05) is 13.8 Å². The van der Waals surface area contributed by atoms with Crippen LogP contribution in [0, 0.1) is 19.7 Å². The van der Waals surface area contributed by atoms with Crippen LogP contribution in [-0.2, 0) is 0 Å². The minimum atomic E-state index is -0.290. The van der Waals surface area contributed by atoms with Gasteiger partial charge in [-0.05, 0) is 60.4 Å². The molecule has 0 amide bonds. The topological polar surface area (TPSA) is 35.5 Å². The van der Waals surface area contributed by atoms with Crippen LogP contribution in [0.15, 0.2) is 24.3 Å². The van der Waals surface area contributed by atoms with Gasteiger partial charge in [-0.1, -0.05) is 0 Å². The van der Waals surface area contributed by atoms with E-state index in [2.05, 4.69) is 0 Å². The average molecular weight is 288 g/mol. The molecule has 2 rings (SSSR count). The average Bonchev–Trinajstić information content (AvgIpc) is 2.45. The highest BCUT2D eigenvalue weighted by Gasteiger charge is 2.16. The Hall–Kier alpha value is -2.36. The summed E-state index contributed by atoms with van der Waals surface area (Å²) in [6.45, 7) is 3.63. The first-order valence-electron chi connectivity index (χ1n) is 6.50. The molecule has 4 heteroatoms. The van der Waals surface area contributed by atoms with Gasteiger partial charge in [-0.15, -0.1) is 0 Å². The lowest BCUT2D eigenvalue weighted by Gasteiger charge is -2.16. The van der Waals surface area contributed by atoms with Crippen LogP contribution >= 0.6 is 0 Å². The molecule has 0 heterocycles. The first kappa shape index (κ1) is 15.0. The summed E-state index contributed by atoms with van der Waals surface area (Å²) in [5.41, 5.74) is 3.55. The number of methoxy groups -OCH3 is 2. The summed E-state index contributed by atoms with van der Waals surface area (Å²) < 4.78 is 23.9. The molecular formula is C17H17FO3. The second kappa shape index (κ2) is 5.95. The number of carbonyl (C=O) groups is 1. The third-order valence-electron chi connectivity index (χ3n) is 3.45. The van der Waals surface area contributed by atoms with E-state index < -0.39 is 0 Å². The Bertz CT molecular complexity index is 670. The van der Waals surface area contributed by atoms with Gasteiger partial charge in [-0.2, -0.15) is 0 Å². The summed E-state index contributed by atoms with van der Waals surface area (Å²) in [7, 11) is 3.05. The van der Waals surface area contributed by atoms with Gasteiger partial charge in [0.2, 0.25) is 0 Å². The highest BCUT2D eigenvalue weighted by molar-refractivity contribution is 5.91. The summed E-state index contributed by atoms with van der Waals surface area (Å²) in [6, 6.07) is 6.28. The lowest BCUT2D eigenvalue weighted by atomic mass is 9.92. The van der Waals surface area contributed by atoms with Crippen molar-refractivity contribution >= 4 is 6.29 Å². The maximum atomic E-state index is 13.5. The largest absolute Gasteiger partial charge is 0.493 e. The number of aldehydes is 1. The maximum absolute atomic E-state index is 13.5. The smallest absolute Gasteiger partial charge is 0.161 e. The van der Waals surface area contributed by atoms with Crippen LogP contribution in [0.2, 0.25) is 0 Å². The molecule has 0 aromatic heterocycles. The Morgan fingerprint density at radius 3 is 1.95 bits per heavy atom.